The molecule has 7 rings (SSSR count). The van der Waals surface area contributed by atoms with Crippen molar-refractivity contribution in [1.29, 1.82) is 0 Å². The summed E-state index contributed by atoms with van der Waals surface area (Å²) in [4.78, 5) is 44.0. The molecule has 0 saturated heterocycles. The van der Waals surface area contributed by atoms with Gasteiger partial charge in [-0.15, -0.1) is 0 Å². The lowest BCUT2D eigenvalue weighted by molar-refractivity contribution is -0.173. The van der Waals surface area contributed by atoms with Crippen molar-refractivity contribution in [1.82, 2.24) is 14.9 Å². The van der Waals surface area contributed by atoms with Crippen molar-refractivity contribution in [2.24, 2.45) is 5.92 Å². The van der Waals surface area contributed by atoms with Gasteiger partial charge in [0.1, 0.15) is 18.5 Å². The highest BCUT2D eigenvalue weighted by molar-refractivity contribution is 5.94. The van der Waals surface area contributed by atoms with Gasteiger partial charge < -0.3 is 24.8 Å². The number of aryl methyl sites for hydroxylation is 1. The van der Waals surface area contributed by atoms with Crippen molar-refractivity contribution in [3.05, 3.63) is 61.7 Å². The number of aromatic nitrogens is 2. The van der Waals surface area contributed by atoms with Crippen molar-refractivity contribution < 1.29 is 30.3 Å². The number of aliphatic hydroxyl groups is 2. The number of benzene rings is 1. The molecule has 39 heavy (non-hydrogen) atoms. The van der Waals surface area contributed by atoms with Gasteiger partial charge in [-0.25, -0.2) is 14.2 Å². The molecule has 0 radical (unpaired) electrons. The SMILES string of the molecule is [2H]C[C@@H](O)C(=O)N[C@@H]1CCc2c(C)c(F)cc3nc4c(c1c23)Cn1c-4cc2c(c1=O)COC(=O)[C@]2(O)CC1CC1. The van der Waals surface area contributed by atoms with Crippen LogP contribution >= 0.6 is 0 Å². The zero-order valence-electron chi connectivity index (χ0n) is 22.3. The topological polar surface area (TPSA) is 131 Å². The fourth-order valence-corrected chi connectivity index (χ4v) is 6.57. The van der Waals surface area contributed by atoms with E-state index in [-0.39, 0.29) is 36.6 Å². The fraction of sp³-hybridized carbons (Fsp3) is 0.448. The van der Waals surface area contributed by atoms with Crippen LogP contribution < -0.4 is 10.9 Å². The summed E-state index contributed by atoms with van der Waals surface area (Å²) >= 11 is 0. The minimum absolute atomic E-state index is 0.132. The van der Waals surface area contributed by atoms with Gasteiger partial charge in [0.25, 0.3) is 5.56 Å². The van der Waals surface area contributed by atoms with Gasteiger partial charge in [0.2, 0.25) is 5.91 Å². The summed E-state index contributed by atoms with van der Waals surface area (Å²) in [6.07, 6.45) is 1.38. The van der Waals surface area contributed by atoms with Crippen molar-refractivity contribution >= 4 is 22.8 Å². The first-order valence-corrected chi connectivity index (χ1v) is 13.2. The average Bonchev–Trinajstić information content (AvgIpc) is 3.67. The molecule has 4 heterocycles. The van der Waals surface area contributed by atoms with Gasteiger partial charge in [-0.3, -0.25) is 9.59 Å². The van der Waals surface area contributed by atoms with Crippen LogP contribution in [0.25, 0.3) is 22.3 Å². The predicted molar refractivity (Wildman–Crippen MR) is 137 cm³/mol. The minimum Gasteiger partial charge on any atom is -0.458 e. The highest BCUT2D eigenvalue weighted by atomic mass is 19.1. The van der Waals surface area contributed by atoms with E-state index in [0.717, 1.165) is 18.4 Å². The number of halogens is 1. The normalized spacial score (nSPS) is 23.9. The van der Waals surface area contributed by atoms with E-state index in [2.05, 4.69) is 5.32 Å². The molecule has 1 saturated carbocycles. The Labute approximate surface area is 224 Å². The summed E-state index contributed by atoms with van der Waals surface area (Å²) in [5, 5.41) is 25.1. The number of rotatable bonds is 4. The Morgan fingerprint density at radius 3 is 2.85 bits per heavy atom. The maximum Gasteiger partial charge on any atom is 0.343 e. The molecule has 10 heteroatoms. The molecule has 1 fully saturated rings. The number of amides is 1. The first-order chi connectivity index (χ1) is 19.1. The second kappa shape index (κ2) is 8.19. The number of nitrogens with zero attached hydrogens (tertiary/aromatic N) is 2. The molecular formula is C29H28FN3O6. The zero-order chi connectivity index (χ0) is 28.1. The van der Waals surface area contributed by atoms with E-state index in [4.69, 9.17) is 11.1 Å². The quantitative estimate of drug-likeness (QED) is 0.343. The van der Waals surface area contributed by atoms with Gasteiger partial charge in [0.15, 0.2) is 5.60 Å². The molecule has 2 aromatic heterocycles. The van der Waals surface area contributed by atoms with Crippen LogP contribution in [0.5, 0.6) is 0 Å². The number of cyclic esters (lactones) is 1. The summed E-state index contributed by atoms with van der Waals surface area (Å²) < 4.78 is 29.2. The summed E-state index contributed by atoms with van der Waals surface area (Å²) in [6.45, 7) is 1.11. The highest BCUT2D eigenvalue weighted by Crippen LogP contribution is 2.47. The van der Waals surface area contributed by atoms with E-state index < -0.39 is 47.9 Å². The van der Waals surface area contributed by atoms with Gasteiger partial charge in [-0.05, 0) is 61.8 Å². The number of hydrogen-bond donors (Lipinski definition) is 3. The minimum atomic E-state index is -1.93. The monoisotopic (exact) mass is 534 g/mol. The lowest BCUT2D eigenvalue weighted by Crippen LogP contribution is -2.45. The lowest BCUT2D eigenvalue weighted by atomic mass is 9.81. The van der Waals surface area contributed by atoms with E-state index in [9.17, 15) is 24.6 Å². The van der Waals surface area contributed by atoms with Gasteiger partial charge in [-0.2, -0.15) is 0 Å². The first-order valence-electron chi connectivity index (χ1n) is 13.9. The molecule has 3 aromatic rings. The van der Waals surface area contributed by atoms with Crippen LogP contribution in [0, 0.1) is 18.7 Å². The van der Waals surface area contributed by atoms with E-state index in [0.29, 0.717) is 51.8 Å². The predicted octanol–water partition coefficient (Wildman–Crippen LogP) is 2.40. The van der Waals surface area contributed by atoms with Crippen LogP contribution in [0.4, 0.5) is 4.39 Å². The molecule has 1 amide bonds. The van der Waals surface area contributed by atoms with Crippen molar-refractivity contribution in [3.63, 3.8) is 0 Å². The maximum absolute atomic E-state index is 15.0. The van der Waals surface area contributed by atoms with Crippen LogP contribution in [0.2, 0.25) is 0 Å². The number of ether oxygens (including phenoxy) is 1. The smallest absolute Gasteiger partial charge is 0.343 e. The average molecular weight is 535 g/mol. The van der Waals surface area contributed by atoms with Crippen LogP contribution in [0.15, 0.2) is 16.9 Å². The summed E-state index contributed by atoms with van der Waals surface area (Å²) in [5.74, 6) is -1.68. The van der Waals surface area contributed by atoms with Gasteiger partial charge >= 0.3 is 5.97 Å². The van der Waals surface area contributed by atoms with Crippen molar-refractivity contribution in [2.45, 2.75) is 76.8 Å². The first kappa shape index (κ1) is 23.3. The Bertz CT molecular complexity index is 1720. The number of carbonyl (C=O) groups excluding carboxylic acids is 2. The third kappa shape index (κ3) is 3.44. The van der Waals surface area contributed by atoms with E-state index in [1.54, 1.807) is 13.0 Å². The maximum atomic E-state index is 15.0. The van der Waals surface area contributed by atoms with Crippen molar-refractivity contribution in [2.75, 3.05) is 0 Å². The fourth-order valence-electron chi connectivity index (χ4n) is 6.57. The standard InChI is InChI=1S/C29H28FN3O6/c1-12-15-5-6-20(32-26(35)13(2)34)24-16-10-33-22(25(16)31-21(23(15)24)8-19(12)30)7-18-17(27(33)36)11-39-28(37)29(18,38)9-14-3-4-14/h7-8,13-14,20,34,38H,3-6,9-11H2,1-2H3,(H,32,35)/t13-,20-,29+/m1/s1/i2D. The largest absolute Gasteiger partial charge is 0.458 e. The molecule has 2 aliphatic carbocycles. The summed E-state index contributed by atoms with van der Waals surface area (Å²) in [6, 6.07) is 2.44. The van der Waals surface area contributed by atoms with Crippen molar-refractivity contribution in [3.8, 4) is 11.4 Å². The molecule has 0 unspecified atom stereocenters. The summed E-state index contributed by atoms with van der Waals surface area (Å²) in [7, 11) is 0. The Morgan fingerprint density at radius 2 is 2.10 bits per heavy atom. The Hall–Kier alpha value is -3.63. The number of carbonyl (C=O) groups is 2. The summed E-state index contributed by atoms with van der Waals surface area (Å²) in [5.41, 5.74) is 2.00. The lowest BCUT2D eigenvalue weighted by Gasteiger charge is -2.32. The molecule has 3 N–H and O–H groups in total. The molecule has 9 nitrogen and oxygen atoms in total. The van der Waals surface area contributed by atoms with E-state index in [1.807, 2.05) is 0 Å². The third-order valence-corrected chi connectivity index (χ3v) is 8.77. The third-order valence-electron chi connectivity index (χ3n) is 8.77. The molecule has 4 aliphatic rings. The molecule has 3 atom stereocenters. The number of aliphatic hydroxyl groups excluding tert-OH is 1. The van der Waals surface area contributed by atoms with E-state index >= 15 is 4.39 Å². The number of pyridine rings is 2. The van der Waals surface area contributed by atoms with Crippen LogP contribution in [0.3, 0.4) is 0 Å². The molecule has 2 aliphatic heterocycles. The highest BCUT2D eigenvalue weighted by Gasteiger charge is 2.49. The van der Waals surface area contributed by atoms with Gasteiger partial charge in [0.05, 0.1) is 35.1 Å². The van der Waals surface area contributed by atoms with Gasteiger partial charge in [0, 0.05) is 24.0 Å². The van der Waals surface area contributed by atoms with E-state index in [1.165, 1.54) is 10.6 Å². The number of esters is 1. The molecule has 0 spiro atoms. The van der Waals surface area contributed by atoms with Crippen LogP contribution in [-0.2, 0) is 39.5 Å². The number of nitrogens with one attached hydrogen (secondary N) is 1. The Morgan fingerprint density at radius 1 is 1.31 bits per heavy atom. The molecule has 1 aromatic carbocycles. The second-order valence-electron chi connectivity index (χ2n) is 11.2. The van der Waals surface area contributed by atoms with Crippen LogP contribution in [-0.4, -0.2) is 37.7 Å². The molecule has 0 bridgehead atoms. The molecular weight excluding hydrogens is 505 g/mol. The number of fused-ring (bicyclic) bond motifs is 5. The van der Waals surface area contributed by atoms with Crippen LogP contribution in [0.1, 0.15) is 73.4 Å². The number of hydrogen-bond acceptors (Lipinski definition) is 7. The Balaban J connectivity index is 1.46. The second-order valence-corrected chi connectivity index (χ2v) is 11.2. The Kier molecular flexibility index (Phi) is 4.89. The molecule has 202 valence electrons. The van der Waals surface area contributed by atoms with Gasteiger partial charge in [-0.1, -0.05) is 12.8 Å². The zero-order valence-corrected chi connectivity index (χ0v) is 21.3.